The number of dihydropyridines is 1. The fourth-order valence-electron chi connectivity index (χ4n) is 4.55. The molecule has 1 saturated carbocycles. The number of nitrogens with one attached hydrogen (secondary N) is 2. The number of rotatable bonds is 10. The molecule has 5 N–H and O–H groups in total. The highest BCUT2D eigenvalue weighted by atomic mass is 35.5. The number of hydrogen-bond acceptors (Lipinski definition) is 9. The fourth-order valence-corrected chi connectivity index (χ4v) is 5.45. The van der Waals surface area contributed by atoms with E-state index in [9.17, 15) is 18.0 Å². The number of ether oxygens (including phenoxy) is 3. The molecule has 0 bridgehead atoms. The third kappa shape index (κ3) is 9.89. The predicted molar refractivity (Wildman–Crippen MR) is 147 cm³/mol. The molecule has 1 aromatic carbocycles. The number of methoxy groups -OCH3 is 1. The number of carbonyl (C=O) groups excluding carboxylic acids is 2. The van der Waals surface area contributed by atoms with Crippen LogP contribution in [0.2, 0.25) is 5.02 Å². The molecule has 11 nitrogen and oxygen atoms in total. The highest BCUT2D eigenvalue weighted by Gasteiger charge is 2.39. The molecule has 0 saturated heterocycles. The standard InChI is InChI=1S/C20H25ClN2O5.C6H13NO3S/c1-4-28-20(25)18-15(11-27-10-9-22)23-12(2)16(19(24)26-3)17(18)13-7-5-6-8-14(13)21;8-11(9,10)7-6-4-2-1-3-5-6/h5-8,17,23H,4,9-11,22H2,1-3H3;6-7H,1-5H2,(H,8,9,10). The van der Waals surface area contributed by atoms with Gasteiger partial charge in [-0.2, -0.15) is 13.1 Å². The second-order valence-corrected chi connectivity index (χ2v) is 10.6. The monoisotopic (exact) mass is 587 g/mol. The van der Waals surface area contributed by atoms with Gasteiger partial charge in [-0.05, 0) is 38.3 Å². The summed E-state index contributed by atoms with van der Waals surface area (Å²) < 4.78 is 47.1. The maximum atomic E-state index is 12.9. The number of allylic oxidation sites excluding steroid dienone is 1. The van der Waals surface area contributed by atoms with Gasteiger partial charge in [0, 0.05) is 23.3 Å². The second kappa shape index (κ2) is 15.9. The van der Waals surface area contributed by atoms with Crippen LogP contribution in [0.4, 0.5) is 0 Å². The predicted octanol–water partition coefficient (Wildman–Crippen LogP) is 2.98. The maximum absolute atomic E-state index is 12.9. The fraction of sp³-hybridized carbons (Fsp3) is 0.538. The van der Waals surface area contributed by atoms with Crippen LogP contribution in [0.1, 0.15) is 57.4 Å². The average Bonchev–Trinajstić information content (AvgIpc) is 2.88. The van der Waals surface area contributed by atoms with Crippen molar-refractivity contribution in [3.63, 3.8) is 0 Å². The zero-order valence-electron chi connectivity index (χ0n) is 22.5. The third-order valence-corrected chi connectivity index (χ3v) is 7.17. The van der Waals surface area contributed by atoms with E-state index in [1.54, 1.807) is 38.1 Å². The van der Waals surface area contributed by atoms with Gasteiger partial charge in [0.2, 0.25) is 0 Å². The van der Waals surface area contributed by atoms with Crippen molar-refractivity contribution in [2.75, 3.05) is 33.5 Å². The van der Waals surface area contributed by atoms with Crippen LogP contribution in [0.3, 0.4) is 0 Å². The van der Waals surface area contributed by atoms with Crippen molar-refractivity contribution < 1.29 is 36.8 Å². The van der Waals surface area contributed by atoms with E-state index in [4.69, 9.17) is 36.1 Å². The van der Waals surface area contributed by atoms with E-state index in [1.165, 1.54) is 13.5 Å². The van der Waals surface area contributed by atoms with E-state index < -0.39 is 28.2 Å². The smallest absolute Gasteiger partial charge is 0.336 e. The molecule has 1 aromatic rings. The van der Waals surface area contributed by atoms with Gasteiger partial charge in [0.25, 0.3) is 0 Å². The highest BCUT2D eigenvalue weighted by Crippen LogP contribution is 2.41. The van der Waals surface area contributed by atoms with Gasteiger partial charge >= 0.3 is 22.2 Å². The SMILES string of the molecule is CCOC(=O)C1=C(COCCN)NC(C)=C(C(=O)OC)C1c1ccccc1Cl.O=S(=O)(O)NC1CCCCC1. The van der Waals surface area contributed by atoms with Crippen molar-refractivity contribution in [3.05, 3.63) is 57.4 Å². The molecule has 218 valence electrons. The first-order chi connectivity index (χ1) is 18.5. The van der Waals surface area contributed by atoms with Crippen LogP contribution < -0.4 is 15.8 Å². The number of carbonyl (C=O) groups is 2. The van der Waals surface area contributed by atoms with Crippen LogP contribution in [0.5, 0.6) is 0 Å². The Morgan fingerprint density at radius 2 is 1.82 bits per heavy atom. The molecule has 0 spiro atoms. The zero-order chi connectivity index (χ0) is 29.0. The minimum atomic E-state index is -3.97. The van der Waals surface area contributed by atoms with Crippen LogP contribution in [0.15, 0.2) is 46.8 Å². The molecule has 0 aromatic heterocycles. The molecular formula is C26H38ClN3O8S. The van der Waals surface area contributed by atoms with E-state index in [1.807, 2.05) is 0 Å². The summed E-state index contributed by atoms with van der Waals surface area (Å²) in [5.41, 5.74) is 7.70. The Balaban J connectivity index is 0.000000404. The molecular weight excluding hydrogens is 550 g/mol. The second-order valence-electron chi connectivity index (χ2n) is 8.99. The van der Waals surface area contributed by atoms with Crippen molar-refractivity contribution in [2.45, 2.75) is 57.9 Å². The van der Waals surface area contributed by atoms with Gasteiger partial charge in [0.1, 0.15) is 0 Å². The molecule has 1 aliphatic carbocycles. The van der Waals surface area contributed by atoms with Gasteiger partial charge in [-0.1, -0.05) is 49.1 Å². The molecule has 1 fully saturated rings. The summed E-state index contributed by atoms with van der Waals surface area (Å²) in [6, 6.07) is 7.00. The molecule has 1 aliphatic heterocycles. The molecule has 1 heterocycles. The van der Waals surface area contributed by atoms with Gasteiger partial charge in [-0.3, -0.25) is 4.55 Å². The summed E-state index contributed by atoms with van der Waals surface area (Å²) >= 11 is 6.42. The van der Waals surface area contributed by atoms with Gasteiger partial charge < -0.3 is 25.3 Å². The minimum absolute atomic E-state index is 0.0428. The van der Waals surface area contributed by atoms with Crippen molar-refractivity contribution in [2.24, 2.45) is 5.73 Å². The molecule has 2 aliphatic rings. The van der Waals surface area contributed by atoms with E-state index >= 15 is 0 Å². The van der Waals surface area contributed by atoms with Crippen LogP contribution >= 0.6 is 11.6 Å². The van der Waals surface area contributed by atoms with Crippen molar-refractivity contribution in [3.8, 4) is 0 Å². The van der Waals surface area contributed by atoms with Crippen molar-refractivity contribution in [1.82, 2.24) is 10.0 Å². The number of nitrogens with two attached hydrogens (primary N) is 1. The van der Waals surface area contributed by atoms with Crippen molar-refractivity contribution >= 4 is 33.8 Å². The van der Waals surface area contributed by atoms with E-state index in [2.05, 4.69) is 10.0 Å². The number of hydrogen-bond donors (Lipinski definition) is 4. The molecule has 0 amide bonds. The Hall–Kier alpha value is -2.48. The summed E-state index contributed by atoms with van der Waals surface area (Å²) in [5, 5.41) is 3.52. The average molecular weight is 588 g/mol. The Labute approximate surface area is 235 Å². The molecule has 3 rings (SSSR count). The van der Waals surface area contributed by atoms with E-state index in [0.29, 0.717) is 40.7 Å². The van der Waals surface area contributed by atoms with E-state index in [0.717, 1.165) is 25.7 Å². The summed E-state index contributed by atoms with van der Waals surface area (Å²) in [4.78, 5) is 25.5. The van der Waals surface area contributed by atoms with Gasteiger partial charge in [-0.25, -0.2) is 9.59 Å². The first-order valence-electron chi connectivity index (χ1n) is 12.8. The molecule has 13 heteroatoms. The molecule has 39 heavy (non-hydrogen) atoms. The van der Waals surface area contributed by atoms with Crippen LogP contribution in [-0.4, -0.2) is 64.4 Å². The summed E-state index contributed by atoms with van der Waals surface area (Å²) in [5.74, 6) is -1.86. The van der Waals surface area contributed by atoms with Gasteiger partial charge in [0.15, 0.2) is 0 Å². The normalized spacial score (nSPS) is 18.2. The lowest BCUT2D eigenvalue weighted by Gasteiger charge is -2.31. The number of halogens is 1. The summed E-state index contributed by atoms with van der Waals surface area (Å²) in [6.07, 6.45) is 4.96. The lowest BCUT2D eigenvalue weighted by Crippen LogP contribution is -2.35. The summed E-state index contributed by atoms with van der Waals surface area (Å²) in [6.45, 7) is 4.42. The molecule has 0 radical (unpaired) electrons. The molecule has 1 unspecified atom stereocenters. The Morgan fingerprint density at radius 3 is 2.38 bits per heavy atom. The number of benzene rings is 1. The van der Waals surface area contributed by atoms with Crippen LogP contribution in [0, 0.1) is 0 Å². The van der Waals surface area contributed by atoms with Crippen molar-refractivity contribution in [1.29, 1.82) is 0 Å². The van der Waals surface area contributed by atoms with Crippen LogP contribution in [0.25, 0.3) is 0 Å². The minimum Gasteiger partial charge on any atom is -0.466 e. The van der Waals surface area contributed by atoms with Crippen LogP contribution in [-0.2, 0) is 34.1 Å². The zero-order valence-corrected chi connectivity index (χ0v) is 24.1. The lowest BCUT2D eigenvalue weighted by molar-refractivity contribution is -0.139. The highest BCUT2D eigenvalue weighted by molar-refractivity contribution is 7.83. The van der Waals surface area contributed by atoms with Gasteiger partial charge in [0.05, 0.1) is 49.7 Å². The largest absolute Gasteiger partial charge is 0.466 e. The topological polar surface area (TPSA) is 166 Å². The molecule has 1 atom stereocenters. The summed E-state index contributed by atoms with van der Waals surface area (Å²) in [7, 11) is -2.68. The van der Waals surface area contributed by atoms with E-state index in [-0.39, 0.29) is 24.8 Å². The lowest BCUT2D eigenvalue weighted by atomic mass is 9.80. The first kappa shape index (κ1) is 32.7. The quantitative estimate of drug-likeness (QED) is 0.181. The maximum Gasteiger partial charge on any atom is 0.336 e. The van der Waals surface area contributed by atoms with Gasteiger partial charge in [-0.15, -0.1) is 0 Å². The Bertz CT molecular complexity index is 1160. The number of esters is 2. The Kier molecular flexibility index (Phi) is 13.4. The third-order valence-electron chi connectivity index (χ3n) is 6.19. The first-order valence-corrected chi connectivity index (χ1v) is 14.6. The Morgan fingerprint density at radius 1 is 1.15 bits per heavy atom.